The number of carbonyl (C=O) groups excluding carboxylic acids is 1. The molecule has 0 fully saturated rings. The molecular formula is C12H18N6O. The lowest BCUT2D eigenvalue weighted by atomic mass is 10.1. The molecule has 1 unspecified atom stereocenters. The van der Waals surface area contributed by atoms with Crippen LogP contribution in [-0.4, -0.2) is 30.9 Å². The topological polar surface area (TPSA) is 88.5 Å². The lowest BCUT2D eigenvalue weighted by Gasteiger charge is -2.17. The van der Waals surface area contributed by atoms with Gasteiger partial charge >= 0.3 is 0 Å². The van der Waals surface area contributed by atoms with Gasteiger partial charge in [-0.2, -0.15) is 15.4 Å². The van der Waals surface area contributed by atoms with E-state index in [4.69, 9.17) is 0 Å². The fourth-order valence-corrected chi connectivity index (χ4v) is 1.99. The first-order valence-electron chi connectivity index (χ1n) is 6.29. The van der Waals surface area contributed by atoms with Crippen molar-refractivity contribution in [1.82, 2.24) is 30.3 Å². The van der Waals surface area contributed by atoms with Crippen LogP contribution >= 0.6 is 0 Å². The Balaban J connectivity index is 2.16. The summed E-state index contributed by atoms with van der Waals surface area (Å²) in [5.74, 6) is 0.615. The van der Waals surface area contributed by atoms with E-state index in [1.165, 1.54) is 0 Å². The highest BCUT2D eigenvalue weighted by molar-refractivity contribution is 5.93. The standard InChI is InChI=1S/C12H18N6O/c1-4-5-9(11-13-6-7-18(11)3)14-12(19)10-8(2)15-17-16-10/h6-7,9H,4-5H2,1-3H3,(H,14,19)(H,15,16,17). The highest BCUT2D eigenvalue weighted by Gasteiger charge is 2.21. The van der Waals surface area contributed by atoms with E-state index in [-0.39, 0.29) is 11.9 Å². The number of aromatic nitrogens is 5. The molecule has 0 bridgehead atoms. The molecule has 1 atom stereocenters. The average molecular weight is 262 g/mol. The first-order valence-corrected chi connectivity index (χ1v) is 6.29. The molecule has 0 radical (unpaired) electrons. The number of aromatic amines is 1. The van der Waals surface area contributed by atoms with Crippen molar-refractivity contribution in [2.24, 2.45) is 7.05 Å². The van der Waals surface area contributed by atoms with E-state index in [1.54, 1.807) is 13.1 Å². The molecule has 0 saturated carbocycles. The number of hydrogen-bond donors (Lipinski definition) is 2. The van der Waals surface area contributed by atoms with Crippen LogP contribution in [-0.2, 0) is 7.05 Å². The van der Waals surface area contributed by atoms with Crippen molar-refractivity contribution < 1.29 is 4.79 Å². The van der Waals surface area contributed by atoms with Crippen molar-refractivity contribution in [1.29, 1.82) is 0 Å². The molecule has 19 heavy (non-hydrogen) atoms. The van der Waals surface area contributed by atoms with Crippen LogP contribution in [0.3, 0.4) is 0 Å². The second kappa shape index (κ2) is 5.64. The van der Waals surface area contributed by atoms with E-state index < -0.39 is 0 Å². The van der Waals surface area contributed by atoms with Crippen molar-refractivity contribution in [2.75, 3.05) is 0 Å². The molecular weight excluding hydrogens is 244 g/mol. The summed E-state index contributed by atoms with van der Waals surface area (Å²) >= 11 is 0. The predicted molar refractivity (Wildman–Crippen MR) is 69.4 cm³/mol. The summed E-state index contributed by atoms with van der Waals surface area (Å²) in [6.07, 6.45) is 5.38. The summed E-state index contributed by atoms with van der Waals surface area (Å²) in [7, 11) is 1.92. The average Bonchev–Trinajstić information content (AvgIpc) is 2.97. The molecule has 2 heterocycles. The Morgan fingerprint density at radius 3 is 2.84 bits per heavy atom. The number of nitrogens with zero attached hydrogens (tertiary/aromatic N) is 4. The monoisotopic (exact) mass is 262 g/mol. The van der Waals surface area contributed by atoms with Gasteiger partial charge in [0.05, 0.1) is 11.7 Å². The number of amides is 1. The molecule has 0 aromatic carbocycles. The first-order chi connectivity index (χ1) is 9.13. The molecule has 2 N–H and O–H groups in total. The number of H-pyrrole nitrogens is 1. The van der Waals surface area contributed by atoms with E-state index >= 15 is 0 Å². The zero-order valence-corrected chi connectivity index (χ0v) is 11.3. The molecule has 2 aromatic rings. The molecule has 0 aliphatic carbocycles. The molecule has 2 rings (SSSR count). The molecule has 0 spiro atoms. The normalized spacial score (nSPS) is 12.4. The second-order valence-electron chi connectivity index (χ2n) is 4.47. The van der Waals surface area contributed by atoms with Gasteiger partial charge in [-0.3, -0.25) is 4.79 Å². The van der Waals surface area contributed by atoms with Crippen LogP contribution < -0.4 is 5.32 Å². The van der Waals surface area contributed by atoms with Gasteiger partial charge in [-0.15, -0.1) is 0 Å². The van der Waals surface area contributed by atoms with Crippen LogP contribution in [0, 0.1) is 6.92 Å². The van der Waals surface area contributed by atoms with E-state index in [1.807, 2.05) is 17.8 Å². The Kier molecular flexibility index (Phi) is 3.94. The summed E-state index contributed by atoms with van der Waals surface area (Å²) in [5, 5.41) is 13.1. The molecule has 0 aliphatic rings. The van der Waals surface area contributed by atoms with Gasteiger partial charge in [0.2, 0.25) is 0 Å². The molecule has 2 aromatic heterocycles. The Hall–Kier alpha value is -2.18. The van der Waals surface area contributed by atoms with Gasteiger partial charge in [-0.1, -0.05) is 13.3 Å². The van der Waals surface area contributed by atoms with Crippen molar-refractivity contribution in [3.8, 4) is 0 Å². The highest BCUT2D eigenvalue weighted by atomic mass is 16.2. The number of rotatable bonds is 5. The summed E-state index contributed by atoms with van der Waals surface area (Å²) in [6, 6.07) is -0.117. The minimum atomic E-state index is -0.229. The molecule has 0 saturated heterocycles. The van der Waals surface area contributed by atoms with E-state index in [0.29, 0.717) is 11.4 Å². The molecule has 0 aliphatic heterocycles. The quantitative estimate of drug-likeness (QED) is 0.845. The maximum Gasteiger partial charge on any atom is 0.274 e. The third-order valence-electron chi connectivity index (χ3n) is 2.99. The van der Waals surface area contributed by atoms with E-state index in [9.17, 15) is 4.79 Å². The van der Waals surface area contributed by atoms with Crippen molar-refractivity contribution in [2.45, 2.75) is 32.7 Å². The van der Waals surface area contributed by atoms with Crippen LogP contribution in [0.2, 0.25) is 0 Å². The molecule has 7 heteroatoms. The third kappa shape index (κ3) is 2.81. The molecule has 102 valence electrons. The van der Waals surface area contributed by atoms with Gasteiger partial charge in [-0.25, -0.2) is 4.98 Å². The fraction of sp³-hybridized carbons (Fsp3) is 0.500. The number of nitrogens with one attached hydrogen (secondary N) is 2. The van der Waals surface area contributed by atoms with Crippen molar-refractivity contribution >= 4 is 5.91 Å². The Bertz CT molecular complexity index is 558. The predicted octanol–water partition coefficient (Wildman–Crippen LogP) is 1.12. The lowest BCUT2D eigenvalue weighted by molar-refractivity contribution is 0.0926. The number of carbonyl (C=O) groups is 1. The maximum atomic E-state index is 12.1. The summed E-state index contributed by atoms with van der Waals surface area (Å²) < 4.78 is 1.91. The summed E-state index contributed by atoms with van der Waals surface area (Å²) in [5.41, 5.74) is 0.919. The SMILES string of the molecule is CCCC(NC(=O)c1n[nH]nc1C)c1nccn1C. The zero-order valence-electron chi connectivity index (χ0n) is 11.3. The van der Waals surface area contributed by atoms with Gasteiger partial charge in [0.15, 0.2) is 5.69 Å². The van der Waals surface area contributed by atoms with Crippen molar-refractivity contribution in [3.63, 3.8) is 0 Å². The van der Waals surface area contributed by atoms with Crippen molar-refractivity contribution in [3.05, 3.63) is 29.6 Å². The van der Waals surface area contributed by atoms with Gasteiger partial charge in [0.1, 0.15) is 5.82 Å². The van der Waals surface area contributed by atoms with E-state index in [0.717, 1.165) is 18.7 Å². The van der Waals surface area contributed by atoms with Crippen LogP contribution in [0.4, 0.5) is 0 Å². The Labute approximate surface area is 111 Å². The van der Waals surface area contributed by atoms with Crippen LogP contribution in [0.5, 0.6) is 0 Å². The zero-order chi connectivity index (χ0) is 13.8. The lowest BCUT2D eigenvalue weighted by Crippen LogP contribution is -2.31. The van der Waals surface area contributed by atoms with E-state index in [2.05, 4.69) is 32.6 Å². The van der Waals surface area contributed by atoms with Crippen LogP contribution in [0.25, 0.3) is 0 Å². The van der Waals surface area contributed by atoms with Gasteiger partial charge in [0, 0.05) is 19.4 Å². The summed E-state index contributed by atoms with van der Waals surface area (Å²) in [4.78, 5) is 16.4. The minimum absolute atomic E-state index is 0.117. The molecule has 1 amide bonds. The number of aryl methyl sites for hydroxylation is 2. The smallest absolute Gasteiger partial charge is 0.274 e. The van der Waals surface area contributed by atoms with Gasteiger partial charge in [-0.05, 0) is 13.3 Å². The Morgan fingerprint density at radius 2 is 2.32 bits per heavy atom. The number of imidazole rings is 1. The van der Waals surface area contributed by atoms with Gasteiger partial charge in [0.25, 0.3) is 5.91 Å². The van der Waals surface area contributed by atoms with Crippen LogP contribution in [0.1, 0.15) is 47.8 Å². The molecule has 7 nitrogen and oxygen atoms in total. The minimum Gasteiger partial charge on any atom is -0.341 e. The summed E-state index contributed by atoms with van der Waals surface area (Å²) in [6.45, 7) is 3.82. The van der Waals surface area contributed by atoms with Crippen LogP contribution in [0.15, 0.2) is 12.4 Å². The number of hydrogen-bond acceptors (Lipinski definition) is 4. The fourth-order valence-electron chi connectivity index (χ4n) is 1.99. The highest BCUT2D eigenvalue weighted by Crippen LogP contribution is 2.16. The Morgan fingerprint density at radius 1 is 1.53 bits per heavy atom. The first kappa shape index (κ1) is 13.3. The second-order valence-corrected chi connectivity index (χ2v) is 4.47. The largest absolute Gasteiger partial charge is 0.341 e. The van der Waals surface area contributed by atoms with Gasteiger partial charge < -0.3 is 9.88 Å². The maximum absolute atomic E-state index is 12.1. The third-order valence-corrected chi connectivity index (χ3v) is 2.99.